The number of amides is 1. The lowest BCUT2D eigenvalue weighted by Gasteiger charge is -2.26. The van der Waals surface area contributed by atoms with E-state index in [0.29, 0.717) is 11.3 Å². The molecule has 3 rings (SSSR count). The van der Waals surface area contributed by atoms with Crippen LogP contribution in [0.3, 0.4) is 0 Å². The zero-order valence-corrected chi connectivity index (χ0v) is 11.5. The van der Waals surface area contributed by atoms with Gasteiger partial charge in [-0.15, -0.1) is 5.10 Å². The average molecular weight is 282 g/mol. The molecule has 1 amide bonds. The van der Waals surface area contributed by atoms with Gasteiger partial charge >= 0.3 is 0 Å². The maximum atomic E-state index is 12.4. The van der Waals surface area contributed by atoms with Crippen molar-refractivity contribution in [2.75, 3.05) is 25.0 Å². The minimum atomic E-state index is -0.281. The lowest BCUT2D eigenvalue weighted by atomic mass is 10.1. The highest BCUT2D eigenvalue weighted by Gasteiger charge is 2.24. The minimum Gasteiger partial charge on any atom is -0.312 e. The smallest absolute Gasteiger partial charge is 0.280 e. The zero-order valence-electron chi connectivity index (χ0n) is 11.5. The number of nitrogens with zero attached hydrogens (tertiary/aromatic N) is 5. The number of rotatable bonds is 3. The molecule has 0 unspecified atom stereocenters. The van der Waals surface area contributed by atoms with Crippen LogP contribution < -0.4 is 10.2 Å². The SMILES string of the molecule is CN(C(=O)c1cn(C2CNC2)nn1)c1ccccc1C#N. The second kappa shape index (κ2) is 5.34. The molecule has 1 N–H and O–H groups in total. The van der Waals surface area contributed by atoms with E-state index in [1.807, 2.05) is 0 Å². The Morgan fingerprint density at radius 1 is 1.48 bits per heavy atom. The summed E-state index contributed by atoms with van der Waals surface area (Å²) in [4.78, 5) is 13.9. The summed E-state index contributed by atoms with van der Waals surface area (Å²) in [5.41, 5.74) is 1.28. The predicted molar refractivity (Wildman–Crippen MR) is 75.8 cm³/mol. The van der Waals surface area contributed by atoms with Crippen molar-refractivity contribution in [1.82, 2.24) is 20.3 Å². The molecule has 7 nitrogen and oxygen atoms in total. The Balaban J connectivity index is 1.84. The Kier molecular flexibility index (Phi) is 3.38. The van der Waals surface area contributed by atoms with Crippen LogP contribution in [0.15, 0.2) is 30.5 Å². The first-order valence-electron chi connectivity index (χ1n) is 6.60. The molecule has 0 spiro atoms. The van der Waals surface area contributed by atoms with E-state index in [2.05, 4.69) is 21.7 Å². The van der Waals surface area contributed by atoms with Crippen molar-refractivity contribution >= 4 is 11.6 Å². The largest absolute Gasteiger partial charge is 0.312 e. The fraction of sp³-hybridized carbons (Fsp3) is 0.286. The van der Waals surface area contributed by atoms with Crippen molar-refractivity contribution in [2.24, 2.45) is 0 Å². The van der Waals surface area contributed by atoms with Crippen LogP contribution in [0.5, 0.6) is 0 Å². The van der Waals surface area contributed by atoms with E-state index in [1.165, 1.54) is 4.90 Å². The summed E-state index contributed by atoms with van der Waals surface area (Å²) in [5.74, 6) is -0.281. The normalized spacial score (nSPS) is 14.3. The standard InChI is InChI=1S/C14H14N6O/c1-19(13-5-3-2-4-10(13)6-15)14(21)12-9-20(18-17-12)11-7-16-8-11/h2-5,9,11,16H,7-8H2,1H3. The summed E-state index contributed by atoms with van der Waals surface area (Å²) in [6.07, 6.45) is 1.65. The summed E-state index contributed by atoms with van der Waals surface area (Å²) < 4.78 is 1.70. The number of aromatic nitrogens is 3. The van der Waals surface area contributed by atoms with Gasteiger partial charge in [-0.25, -0.2) is 4.68 Å². The van der Waals surface area contributed by atoms with Crippen molar-refractivity contribution in [3.05, 3.63) is 41.7 Å². The first-order chi connectivity index (χ1) is 10.2. The first kappa shape index (κ1) is 13.3. The van der Waals surface area contributed by atoms with Crippen molar-refractivity contribution in [2.45, 2.75) is 6.04 Å². The van der Waals surface area contributed by atoms with Crippen molar-refractivity contribution < 1.29 is 4.79 Å². The van der Waals surface area contributed by atoms with Crippen LogP contribution in [-0.2, 0) is 0 Å². The number of hydrogen-bond acceptors (Lipinski definition) is 5. The van der Waals surface area contributed by atoms with E-state index in [9.17, 15) is 4.79 Å². The van der Waals surface area contributed by atoms with Crippen LogP contribution in [0, 0.1) is 11.3 Å². The summed E-state index contributed by atoms with van der Waals surface area (Å²) in [6.45, 7) is 1.67. The molecule has 0 aliphatic carbocycles. The highest BCUT2D eigenvalue weighted by molar-refractivity contribution is 6.04. The van der Waals surface area contributed by atoms with Gasteiger partial charge in [-0.2, -0.15) is 5.26 Å². The Bertz CT molecular complexity index is 712. The van der Waals surface area contributed by atoms with E-state index in [-0.39, 0.29) is 17.6 Å². The molecular formula is C14H14N6O. The molecule has 1 aliphatic rings. The molecule has 1 aromatic heterocycles. The Labute approximate surface area is 121 Å². The highest BCUT2D eigenvalue weighted by Crippen LogP contribution is 2.20. The van der Waals surface area contributed by atoms with Gasteiger partial charge in [0.25, 0.3) is 5.91 Å². The molecule has 1 saturated heterocycles. The Morgan fingerprint density at radius 3 is 2.90 bits per heavy atom. The van der Waals surface area contributed by atoms with E-state index >= 15 is 0 Å². The summed E-state index contributed by atoms with van der Waals surface area (Å²) >= 11 is 0. The van der Waals surface area contributed by atoms with Gasteiger partial charge in [-0.05, 0) is 12.1 Å². The van der Waals surface area contributed by atoms with Crippen LogP contribution in [-0.4, -0.2) is 41.0 Å². The lowest BCUT2D eigenvalue weighted by molar-refractivity contribution is 0.0988. The van der Waals surface area contributed by atoms with Crippen molar-refractivity contribution in [3.63, 3.8) is 0 Å². The number of anilines is 1. The van der Waals surface area contributed by atoms with Crippen molar-refractivity contribution in [3.8, 4) is 6.07 Å². The third-order valence-corrected chi connectivity index (χ3v) is 3.55. The number of carbonyl (C=O) groups excluding carboxylic acids is 1. The summed E-state index contributed by atoms with van der Waals surface area (Å²) in [5, 5.41) is 20.2. The summed E-state index contributed by atoms with van der Waals surface area (Å²) in [6, 6.07) is 9.30. The monoisotopic (exact) mass is 282 g/mol. The Morgan fingerprint density at radius 2 is 2.24 bits per heavy atom. The number of carbonyl (C=O) groups is 1. The van der Waals surface area contributed by atoms with Crippen LogP contribution in [0.2, 0.25) is 0 Å². The Hall–Kier alpha value is -2.72. The van der Waals surface area contributed by atoms with Crippen molar-refractivity contribution in [1.29, 1.82) is 5.26 Å². The topological polar surface area (TPSA) is 86.8 Å². The number of para-hydroxylation sites is 1. The third kappa shape index (κ3) is 2.37. The van der Waals surface area contributed by atoms with Gasteiger partial charge in [-0.1, -0.05) is 17.3 Å². The quantitative estimate of drug-likeness (QED) is 0.889. The highest BCUT2D eigenvalue weighted by atomic mass is 16.2. The fourth-order valence-corrected chi connectivity index (χ4v) is 2.16. The maximum absolute atomic E-state index is 12.4. The van der Waals surface area contributed by atoms with E-state index in [0.717, 1.165) is 13.1 Å². The van der Waals surface area contributed by atoms with Gasteiger partial charge in [0.2, 0.25) is 0 Å². The molecule has 2 heterocycles. The minimum absolute atomic E-state index is 0.260. The number of benzene rings is 1. The molecule has 106 valence electrons. The summed E-state index contributed by atoms with van der Waals surface area (Å²) in [7, 11) is 1.63. The molecule has 0 saturated carbocycles. The van der Waals surface area contributed by atoms with Gasteiger partial charge in [0.05, 0.1) is 23.5 Å². The molecule has 1 aliphatic heterocycles. The molecule has 1 aromatic carbocycles. The zero-order chi connectivity index (χ0) is 14.8. The molecule has 1 fully saturated rings. The van der Waals surface area contributed by atoms with Crippen LogP contribution >= 0.6 is 0 Å². The van der Waals surface area contributed by atoms with Gasteiger partial charge < -0.3 is 10.2 Å². The van der Waals surface area contributed by atoms with Gasteiger partial charge in [0.15, 0.2) is 5.69 Å². The van der Waals surface area contributed by atoms with E-state index < -0.39 is 0 Å². The number of nitrogens with one attached hydrogen (secondary N) is 1. The van der Waals surface area contributed by atoms with Gasteiger partial charge in [0, 0.05) is 20.1 Å². The molecule has 21 heavy (non-hydrogen) atoms. The van der Waals surface area contributed by atoms with Crippen LogP contribution in [0.4, 0.5) is 5.69 Å². The second-order valence-corrected chi connectivity index (χ2v) is 4.89. The van der Waals surface area contributed by atoms with Gasteiger partial charge in [0.1, 0.15) is 6.07 Å². The average Bonchev–Trinajstić information content (AvgIpc) is 2.93. The molecule has 0 bridgehead atoms. The van der Waals surface area contributed by atoms with Crippen LogP contribution in [0.25, 0.3) is 0 Å². The number of hydrogen-bond donors (Lipinski definition) is 1. The second-order valence-electron chi connectivity index (χ2n) is 4.89. The van der Waals surface area contributed by atoms with E-state index in [4.69, 9.17) is 5.26 Å². The fourth-order valence-electron chi connectivity index (χ4n) is 2.16. The van der Waals surface area contributed by atoms with E-state index in [1.54, 1.807) is 42.2 Å². The number of nitriles is 1. The molecule has 7 heteroatoms. The van der Waals surface area contributed by atoms with Gasteiger partial charge in [-0.3, -0.25) is 4.79 Å². The lowest BCUT2D eigenvalue weighted by Crippen LogP contribution is -2.43. The predicted octanol–water partition coefficient (Wildman–Crippen LogP) is 0.571. The maximum Gasteiger partial charge on any atom is 0.280 e. The molecule has 0 radical (unpaired) electrons. The third-order valence-electron chi connectivity index (χ3n) is 3.55. The molecule has 2 aromatic rings. The first-order valence-corrected chi connectivity index (χ1v) is 6.60. The molecule has 0 atom stereocenters. The van der Waals surface area contributed by atoms with Crippen LogP contribution in [0.1, 0.15) is 22.1 Å². The molecular weight excluding hydrogens is 268 g/mol.